The number of aliphatic carboxylic acids is 1. The third-order valence-electron chi connectivity index (χ3n) is 8.90. The van der Waals surface area contributed by atoms with Crippen LogP contribution in [0, 0.1) is 36.0 Å². The Morgan fingerprint density at radius 3 is 2.55 bits per heavy atom. The number of piperidine rings is 1. The quantitative estimate of drug-likeness (QED) is 0.399. The summed E-state index contributed by atoms with van der Waals surface area (Å²) in [6, 6.07) is 13.9. The molecule has 2 atom stereocenters. The number of anilines is 1. The van der Waals surface area contributed by atoms with Crippen LogP contribution >= 0.6 is 11.3 Å². The molecule has 0 radical (unpaired) electrons. The number of carboxylic acids is 1. The number of nitriles is 1. The summed E-state index contributed by atoms with van der Waals surface area (Å²) in [5, 5.41) is 22.1. The number of aryl methyl sites for hydroxylation is 1. The number of nitrogens with zero attached hydrogens (tertiary/aromatic N) is 4. The molecule has 3 fully saturated rings. The fourth-order valence-corrected chi connectivity index (χ4v) is 8.70. The maximum Gasteiger partial charge on any atom is 0.307 e. The van der Waals surface area contributed by atoms with E-state index >= 15 is 0 Å². The van der Waals surface area contributed by atoms with Crippen molar-refractivity contribution in [2.45, 2.75) is 32.9 Å². The Bertz CT molecular complexity index is 1620. The predicted octanol–water partition coefficient (Wildman–Crippen LogP) is 4.35. The average molecular weight is 607 g/mol. The molecule has 3 aromatic rings. The van der Waals surface area contributed by atoms with Crippen molar-refractivity contribution in [2.24, 2.45) is 17.8 Å². The summed E-state index contributed by atoms with van der Waals surface area (Å²) in [5.41, 5.74) is 5.32. The largest absolute Gasteiger partial charge is 0.488 e. The minimum absolute atomic E-state index is 0.153. The van der Waals surface area contributed by atoms with E-state index < -0.39 is 15.8 Å². The van der Waals surface area contributed by atoms with Gasteiger partial charge in [0.2, 0.25) is 0 Å². The fraction of sp³-hybridized carbons (Fsp3) is 0.452. The van der Waals surface area contributed by atoms with Crippen LogP contribution in [0.25, 0.3) is 11.3 Å². The average Bonchev–Trinajstić information content (AvgIpc) is 3.56. The van der Waals surface area contributed by atoms with E-state index in [-0.39, 0.29) is 29.3 Å². The summed E-state index contributed by atoms with van der Waals surface area (Å²) in [6.07, 6.45) is 1.89. The number of thiazole rings is 1. The highest BCUT2D eigenvalue weighted by Gasteiger charge is 2.46. The van der Waals surface area contributed by atoms with Crippen LogP contribution in [0.1, 0.15) is 35.1 Å². The van der Waals surface area contributed by atoms with Crippen LogP contribution in [-0.2, 0) is 27.8 Å². The van der Waals surface area contributed by atoms with Crippen molar-refractivity contribution in [1.29, 1.82) is 5.26 Å². The summed E-state index contributed by atoms with van der Waals surface area (Å²) in [4.78, 5) is 21.1. The normalized spacial score (nSPS) is 23.4. The molecule has 6 rings (SSSR count). The lowest BCUT2D eigenvalue weighted by Crippen LogP contribution is -2.44. The molecular weight excluding hydrogens is 572 g/mol. The molecule has 2 bridgehead atoms. The van der Waals surface area contributed by atoms with Crippen LogP contribution in [0.4, 0.5) is 5.13 Å². The zero-order valence-electron chi connectivity index (χ0n) is 23.5. The van der Waals surface area contributed by atoms with Crippen LogP contribution < -0.4 is 9.64 Å². The van der Waals surface area contributed by atoms with Gasteiger partial charge in [-0.3, -0.25) is 9.69 Å². The van der Waals surface area contributed by atoms with Gasteiger partial charge in [0.1, 0.15) is 12.4 Å². The third-order valence-corrected chi connectivity index (χ3v) is 11.4. The lowest BCUT2D eigenvalue weighted by atomic mass is 9.85. The van der Waals surface area contributed by atoms with Crippen molar-refractivity contribution in [1.82, 2.24) is 9.88 Å². The Balaban J connectivity index is 1.15. The highest BCUT2D eigenvalue weighted by Crippen LogP contribution is 2.44. The molecule has 0 amide bonds. The summed E-state index contributed by atoms with van der Waals surface area (Å²) < 4.78 is 29.8. The second-order valence-corrected chi connectivity index (χ2v) is 14.8. The molecule has 9 nitrogen and oxygen atoms in total. The second-order valence-electron chi connectivity index (χ2n) is 11.7. The molecule has 1 aliphatic carbocycles. The standard InChI is InChI=1S/C31H34N4O5S2/c1-20-12-22(15-34-8-10-42(38,39)11-9-34)2-4-25(20)18-40-28-7-3-21(14-32)13-26(28)27-19-41-31(33-27)35-16-23-5-6-24(17-35)29(23)30(36)37/h2-4,7,12-13,19,23-24,29H,5-6,8-11,15-18H2,1H3,(H,36,37). The Hall–Kier alpha value is -3.46. The highest BCUT2D eigenvalue weighted by atomic mass is 32.2. The highest BCUT2D eigenvalue weighted by molar-refractivity contribution is 7.91. The van der Waals surface area contributed by atoms with Gasteiger partial charge in [-0.2, -0.15) is 5.26 Å². The van der Waals surface area contributed by atoms with Crippen LogP contribution in [0.3, 0.4) is 0 Å². The Kier molecular flexibility index (Phi) is 7.96. The zero-order chi connectivity index (χ0) is 29.4. The molecule has 0 spiro atoms. The zero-order valence-corrected chi connectivity index (χ0v) is 25.2. The number of hydrogen-bond acceptors (Lipinski definition) is 9. The molecule has 2 unspecified atom stereocenters. The molecular formula is C31H34N4O5S2. The van der Waals surface area contributed by atoms with E-state index in [1.165, 1.54) is 11.3 Å². The number of ether oxygens (including phenoxy) is 1. The Morgan fingerprint density at radius 1 is 1.14 bits per heavy atom. The predicted molar refractivity (Wildman–Crippen MR) is 161 cm³/mol. The van der Waals surface area contributed by atoms with Gasteiger partial charge < -0.3 is 14.7 Å². The fourth-order valence-electron chi connectivity index (χ4n) is 6.58. The molecule has 1 N–H and O–H groups in total. The summed E-state index contributed by atoms with van der Waals surface area (Å²) in [6.45, 7) is 5.66. The van der Waals surface area contributed by atoms with Gasteiger partial charge in [0.25, 0.3) is 0 Å². The maximum absolute atomic E-state index is 11.8. The molecule has 2 saturated heterocycles. The number of sulfone groups is 1. The van der Waals surface area contributed by atoms with E-state index in [9.17, 15) is 23.6 Å². The second kappa shape index (κ2) is 11.7. The first-order valence-electron chi connectivity index (χ1n) is 14.3. The van der Waals surface area contributed by atoms with E-state index in [4.69, 9.17) is 9.72 Å². The summed E-state index contributed by atoms with van der Waals surface area (Å²) in [7, 11) is -2.90. The minimum atomic E-state index is -2.90. The topological polar surface area (TPSA) is 124 Å². The first-order valence-corrected chi connectivity index (χ1v) is 17.0. The molecule has 3 aliphatic rings. The Labute approximate surface area is 250 Å². The minimum Gasteiger partial charge on any atom is -0.488 e. The van der Waals surface area contributed by atoms with Gasteiger partial charge >= 0.3 is 5.97 Å². The van der Waals surface area contributed by atoms with E-state index in [0.717, 1.165) is 52.5 Å². The molecule has 42 heavy (non-hydrogen) atoms. The monoisotopic (exact) mass is 606 g/mol. The summed E-state index contributed by atoms with van der Waals surface area (Å²) in [5.74, 6) is 0.453. The van der Waals surface area contributed by atoms with E-state index in [1.54, 1.807) is 6.07 Å². The van der Waals surface area contributed by atoms with Gasteiger partial charge in [-0.15, -0.1) is 11.3 Å². The van der Waals surface area contributed by atoms with Crippen molar-refractivity contribution in [3.05, 3.63) is 64.0 Å². The molecule has 1 saturated carbocycles. The maximum atomic E-state index is 11.8. The number of fused-ring (bicyclic) bond motifs is 2. The number of carbonyl (C=O) groups is 1. The van der Waals surface area contributed by atoms with Gasteiger partial charge in [-0.1, -0.05) is 18.2 Å². The smallest absolute Gasteiger partial charge is 0.307 e. The van der Waals surface area contributed by atoms with Crippen LogP contribution in [0.15, 0.2) is 41.8 Å². The van der Waals surface area contributed by atoms with Crippen LogP contribution in [0.5, 0.6) is 5.75 Å². The number of hydrogen-bond donors (Lipinski definition) is 1. The molecule has 2 aliphatic heterocycles. The van der Waals surface area contributed by atoms with Gasteiger partial charge in [0.15, 0.2) is 15.0 Å². The molecule has 2 aromatic carbocycles. The lowest BCUT2D eigenvalue weighted by Gasteiger charge is -2.35. The molecule has 11 heteroatoms. The van der Waals surface area contributed by atoms with Gasteiger partial charge in [-0.25, -0.2) is 13.4 Å². The first kappa shape index (κ1) is 28.6. The van der Waals surface area contributed by atoms with Crippen molar-refractivity contribution in [3.63, 3.8) is 0 Å². The SMILES string of the molecule is Cc1cc(CN2CCS(=O)(=O)CC2)ccc1COc1ccc(C#N)cc1-c1csc(N2CC3CCC(C2)C3C(=O)O)n1. The van der Waals surface area contributed by atoms with Crippen molar-refractivity contribution in [2.75, 3.05) is 42.6 Å². The number of aromatic nitrogens is 1. The van der Waals surface area contributed by atoms with Crippen LogP contribution in [0.2, 0.25) is 0 Å². The van der Waals surface area contributed by atoms with Crippen LogP contribution in [-0.4, -0.2) is 67.1 Å². The lowest BCUT2D eigenvalue weighted by molar-refractivity contribution is -0.144. The summed E-state index contributed by atoms with van der Waals surface area (Å²) >= 11 is 1.54. The van der Waals surface area contributed by atoms with Gasteiger partial charge in [0, 0.05) is 43.7 Å². The third kappa shape index (κ3) is 6.02. The first-order chi connectivity index (χ1) is 20.2. The Morgan fingerprint density at radius 2 is 1.88 bits per heavy atom. The van der Waals surface area contributed by atoms with E-state index in [1.807, 2.05) is 17.5 Å². The van der Waals surface area contributed by atoms with E-state index in [0.29, 0.717) is 44.1 Å². The molecule has 1 aromatic heterocycles. The number of rotatable bonds is 8. The van der Waals surface area contributed by atoms with Crippen molar-refractivity contribution >= 4 is 32.3 Å². The number of carboxylic acid groups (broad SMARTS) is 1. The van der Waals surface area contributed by atoms with Crippen molar-refractivity contribution in [3.8, 4) is 23.1 Å². The van der Waals surface area contributed by atoms with Crippen molar-refractivity contribution < 1.29 is 23.1 Å². The van der Waals surface area contributed by atoms with E-state index in [2.05, 4.69) is 41.0 Å². The number of benzene rings is 2. The van der Waals surface area contributed by atoms with Gasteiger partial charge in [-0.05, 0) is 66.5 Å². The molecule has 220 valence electrons. The van der Waals surface area contributed by atoms with Gasteiger partial charge in [0.05, 0.1) is 34.8 Å². The molecule has 3 heterocycles.